The van der Waals surface area contributed by atoms with Gasteiger partial charge in [0.2, 0.25) is 0 Å². The fourth-order valence-corrected chi connectivity index (χ4v) is 4.66. The third kappa shape index (κ3) is 5.92. The lowest BCUT2D eigenvalue weighted by molar-refractivity contribution is 0.0697. The summed E-state index contributed by atoms with van der Waals surface area (Å²) in [6, 6.07) is 7.46. The SMILES string of the molecule is Cc1cc(N2CCN(C(=O)Nc3ccc(C(=O)N4CCC(C)CC4)cc3C)CC2)nc(C(C)C)n1. The van der Waals surface area contributed by atoms with E-state index in [0.29, 0.717) is 24.6 Å². The fraction of sp³-hybridized carbons (Fsp3) is 0.556. The molecule has 1 N–H and O–H groups in total. The quantitative estimate of drug-likeness (QED) is 0.702. The molecule has 4 rings (SSSR count). The zero-order chi connectivity index (χ0) is 25.1. The van der Waals surface area contributed by atoms with Crippen molar-refractivity contribution in [2.45, 2.75) is 53.4 Å². The minimum Gasteiger partial charge on any atom is -0.353 e. The van der Waals surface area contributed by atoms with Gasteiger partial charge in [-0.2, -0.15) is 0 Å². The molecule has 1 aromatic carbocycles. The standard InChI is InChI=1S/C27H38N6O2/c1-18(2)25-28-21(5)17-24(30-25)31-12-14-33(15-13-31)27(35)29-23-7-6-22(16-20(23)4)26(34)32-10-8-19(3)9-11-32/h6-7,16-19H,8-15H2,1-5H3,(H,29,35). The van der Waals surface area contributed by atoms with E-state index < -0.39 is 0 Å². The highest BCUT2D eigenvalue weighted by Gasteiger charge is 2.24. The van der Waals surface area contributed by atoms with Gasteiger partial charge >= 0.3 is 6.03 Å². The second kappa shape index (κ2) is 10.6. The van der Waals surface area contributed by atoms with Crippen LogP contribution in [-0.2, 0) is 0 Å². The minimum atomic E-state index is -0.112. The maximum absolute atomic E-state index is 13.0. The van der Waals surface area contributed by atoms with Crippen molar-refractivity contribution < 1.29 is 9.59 Å². The molecule has 0 spiro atoms. The molecule has 0 bridgehead atoms. The molecule has 188 valence electrons. The van der Waals surface area contributed by atoms with Gasteiger partial charge < -0.3 is 20.0 Å². The summed E-state index contributed by atoms with van der Waals surface area (Å²) < 4.78 is 0. The Morgan fingerprint density at radius 3 is 2.26 bits per heavy atom. The molecule has 2 aliphatic heterocycles. The molecule has 2 saturated heterocycles. The number of nitrogens with zero attached hydrogens (tertiary/aromatic N) is 5. The molecule has 1 aromatic heterocycles. The number of benzene rings is 1. The number of carbonyl (C=O) groups excluding carboxylic acids is 2. The normalized spacial score (nSPS) is 17.1. The average Bonchev–Trinajstić information content (AvgIpc) is 2.85. The van der Waals surface area contributed by atoms with Crippen molar-refractivity contribution in [1.29, 1.82) is 0 Å². The van der Waals surface area contributed by atoms with Crippen LogP contribution in [0, 0.1) is 19.8 Å². The van der Waals surface area contributed by atoms with Crippen LogP contribution in [0.5, 0.6) is 0 Å². The fourth-order valence-electron chi connectivity index (χ4n) is 4.66. The maximum atomic E-state index is 13.0. The Bertz CT molecular complexity index is 1070. The van der Waals surface area contributed by atoms with Crippen molar-refractivity contribution in [3.63, 3.8) is 0 Å². The van der Waals surface area contributed by atoms with E-state index in [0.717, 1.165) is 67.6 Å². The van der Waals surface area contributed by atoms with E-state index >= 15 is 0 Å². The Morgan fingerprint density at radius 2 is 1.63 bits per heavy atom. The van der Waals surface area contributed by atoms with E-state index in [-0.39, 0.29) is 17.9 Å². The Morgan fingerprint density at radius 1 is 0.943 bits per heavy atom. The first kappa shape index (κ1) is 24.9. The number of rotatable bonds is 4. The molecule has 2 aliphatic rings. The van der Waals surface area contributed by atoms with Gasteiger partial charge in [-0.15, -0.1) is 0 Å². The number of anilines is 2. The lowest BCUT2D eigenvalue weighted by atomic mass is 9.98. The van der Waals surface area contributed by atoms with E-state index in [1.165, 1.54) is 0 Å². The van der Waals surface area contributed by atoms with Crippen LogP contribution < -0.4 is 10.2 Å². The van der Waals surface area contributed by atoms with Crippen LogP contribution in [-0.4, -0.2) is 71.0 Å². The van der Waals surface area contributed by atoms with Gasteiger partial charge in [0, 0.05) is 68.2 Å². The first-order valence-corrected chi connectivity index (χ1v) is 12.8. The molecular formula is C27H38N6O2. The number of aryl methyl sites for hydroxylation is 2. The largest absolute Gasteiger partial charge is 0.353 e. The molecule has 2 fully saturated rings. The smallest absolute Gasteiger partial charge is 0.321 e. The highest BCUT2D eigenvalue weighted by Crippen LogP contribution is 2.23. The van der Waals surface area contributed by atoms with E-state index in [2.05, 4.69) is 36.0 Å². The van der Waals surface area contributed by atoms with E-state index in [1.54, 1.807) is 0 Å². The molecule has 0 saturated carbocycles. The Hall–Kier alpha value is -3.16. The number of likely N-dealkylation sites (tertiary alicyclic amines) is 1. The second-order valence-corrected chi connectivity index (χ2v) is 10.3. The monoisotopic (exact) mass is 478 g/mol. The number of hydrogen-bond donors (Lipinski definition) is 1. The zero-order valence-electron chi connectivity index (χ0n) is 21.7. The van der Waals surface area contributed by atoms with Gasteiger partial charge in [-0.05, 0) is 56.4 Å². The molecule has 2 aromatic rings. The lowest BCUT2D eigenvalue weighted by Gasteiger charge is -2.35. The molecular weight excluding hydrogens is 440 g/mol. The molecule has 8 nitrogen and oxygen atoms in total. The molecule has 0 aliphatic carbocycles. The van der Waals surface area contributed by atoms with Gasteiger partial charge in [0.25, 0.3) is 5.91 Å². The molecule has 3 heterocycles. The average molecular weight is 479 g/mol. The van der Waals surface area contributed by atoms with Crippen molar-refractivity contribution >= 4 is 23.4 Å². The first-order valence-electron chi connectivity index (χ1n) is 12.8. The van der Waals surface area contributed by atoms with Crippen molar-refractivity contribution in [2.24, 2.45) is 5.92 Å². The highest BCUT2D eigenvalue weighted by molar-refractivity contribution is 5.96. The van der Waals surface area contributed by atoms with E-state index in [1.807, 2.05) is 47.9 Å². The van der Waals surface area contributed by atoms with Crippen LogP contribution in [0.4, 0.5) is 16.3 Å². The van der Waals surface area contributed by atoms with Gasteiger partial charge in [-0.25, -0.2) is 14.8 Å². The number of nitrogens with one attached hydrogen (secondary N) is 1. The zero-order valence-corrected chi connectivity index (χ0v) is 21.7. The number of amides is 3. The van der Waals surface area contributed by atoms with Crippen molar-refractivity contribution in [1.82, 2.24) is 19.8 Å². The number of hydrogen-bond acceptors (Lipinski definition) is 5. The Kier molecular flexibility index (Phi) is 7.57. The van der Waals surface area contributed by atoms with Crippen LogP contribution in [0.15, 0.2) is 24.3 Å². The highest BCUT2D eigenvalue weighted by atomic mass is 16.2. The number of piperazine rings is 1. The van der Waals surface area contributed by atoms with Gasteiger partial charge in [-0.3, -0.25) is 4.79 Å². The molecule has 0 atom stereocenters. The van der Waals surface area contributed by atoms with Crippen LogP contribution in [0.1, 0.15) is 67.0 Å². The van der Waals surface area contributed by atoms with Crippen LogP contribution in [0.2, 0.25) is 0 Å². The van der Waals surface area contributed by atoms with Gasteiger partial charge in [0.05, 0.1) is 0 Å². The number of urea groups is 1. The summed E-state index contributed by atoms with van der Waals surface area (Å²) >= 11 is 0. The van der Waals surface area contributed by atoms with Crippen LogP contribution in [0.3, 0.4) is 0 Å². The first-order chi connectivity index (χ1) is 16.7. The molecule has 0 unspecified atom stereocenters. The predicted octanol–water partition coefficient (Wildman–Crippen LogP) is 4.44. The summed E-state index contributed by atoms with van der Waals surface area (Å²) in [5, 5.41) is 3.04. The minimum absolute atomic E-state index is 0.0783. The van der Waals surface area contributed by atoms with E-state index in [9.17, 15) is 9.59 Å². The van der Waals surface area contributed by atoms with Crippen LogP contribution >= 0.6 is 0 Å². The number of aromatic nitrogens is 2. The summed E-state index contributed by atoms with van der Waals surface area (Å²) in [6.07, 6.45) is 2.11. The molecule has 8 heteroatoms. The van der Waals surface area contributed by atoms with Gasteiger partial charge in [0.1, 0.15) is 11.6 Å². The van der Waals surface area contributed by atoms with Crippen molar-refractivity contribution in [3.8, 4) is 0 Å². The van der Waals surface area contributed by atoms with Crippen LogP contribution in [0.25, 0.3) is 0 Å². The molecule has 0 radical (unpaired) electrons. The van der Waals surface area contributed by atoms with Gasteiger partial charge in [-0.1, -0.05) is 20.8 Å². The molecule has 35 heavy (non-hydrogen) atoms. The Balaban J connectivity index is 1.34. The predicted molar refractivity (Wildman–Crippen MR) is 139 cm³/mol. The summed E-state index contributed by atoms with van der Waals surface area (Å²) in [4.78, 5) is 41.1. The number of piperidine rings is 1. The third-order valence-corrected chi connectivity index (χ3v) is 7.05. The Labute approximate surface area is 208 Å². The topological polar surface area (TPSA) is 81.7 Å². The molecule has 3 amide bonds. The van der Waals surface area contributed by atoms with Gasteiger partial charge in [0.15, 0.2) is 0 Å². The summed E-state index contributed by atoms with van der Waals surface area (Å²) in [5.74, 6) is 2.82. The maximum Gasteiger partial charge on any atom is 0.321 e. The van der Waals surface area contributed by atoms with Crippen molar-refractivity contribution in [2.75, 3.05) is 49.5 Å². The lowest BCUT2D eigenvalue weighted by Crippen LogP contribution is -2.50. The number of carbonyl (C=O) groups is 2. The summed E-state index contributed by atoms with van der Waals surface area (Å²) in [6.45, 7) is 14.7. The third-order valence-electron chi connectivity index (χ3n) is 7.05. The summed E-state index contributed by atoms with van der Waals surface area (Å²) in [5.41, 5.74) is 3.29. The second-order valence-electron chi connectivity index (χ2n) is 10.3. The van der Waals surface area contributed by atoms with Crippen molar-refractivity contribution in [3.05, 3.63) is 46.9 Å². The van der Waals surface area contributed by atoms with E-state index in [4.69, 9.17) is 4.98 Å². The summed E-state index contributed by atoms with van der Waals surface area (Å²) in [7, 11) is 0.